The Labute approximate surface area is 181 Å². The van der Waals surface area contributed by atoms with Crippen LogP contribution in [-0.2, 0) is 14.3 Å². The highest BCUT2D eigenvalue weighted by Gasteiger charge is 2.29. The van der Waals surface area contributed by atoms with Crippen molar-refractivity contribution in [2.45, 2.75) is 38.6 Å². The number of hydrogen-bond donors (Lipinski definition) is 3. The molecule has 0 bridgehead atoms. The summed E-state index contributed by atoms with van der Waals surface area (Å²) in [6, 6.07) is 15.2. The molecule has 0 fully saturated rings. The van der Waals surface area contributed by atoms with Gasteiger partial charge in [-0.05, 0) is 28.2 Å². The Balaban J connectivity index is 1.48. The number of ether oxygens (including phenoxy) is 1. The van der Waals surface area contributed by atoms with E-state index in [4.69, 9.17) is 4.74 Å². The third kappa shape index (κ3) is 5.23. The number of carbonyl (C=O) groups is 3. The van der Waals surface area contributed by atoms with Gasteiger partial charge in [-0.2, -0.15) is 0 Å². The number of carbonyl (C=O) groups excluding carboxylic acids is 2. The first kappa shape index (κ1) is 22.3. The van der Waals surface area contributed by atoms with Crippen molar-refractivity contribution in [2.75, 3.05) is 13.2 Å². The molecule has 0 radical (unpaired) electrons. The van der Waals surface area contributed by atoms with Crippen LogP contribution < -0.4 is 10.6 Å². The van der Waals surface area contributed by atoms with E-state index in [1.54, 1.807) is 6.92 Å². The summed E-state index contributed by atoms with van der Waals surface area (Å²) < 4.78 is 5.42. The third-order valence-electron chi connectivity index (χ3n) is 5.76. The van der Waals surface area contributed by atoms with Crippen molar-refractivity contribution in [3.63, 3.8) is 0 Å². The van der Waals surface area contributed by atoms with Crippen molar-refractivity contribution < 1.29 is 24.2 Å². The Hall–Kier alpha value is -3.35. The minimum absolute atomic E-state index is 0.0234. The van der Waals surface area contributed by atoms with Crippen LogP contribution in [0.25, 0.3) is 11.1 Å². The molecule has 0 aromatic heterocycles. The summed E-state index contributed by atoms with van der Waals surface area (Å²) in [5.41, 5.74) is 4.55. The molecule has 2 aromatic rings. The first-order chi connectivity index (χ1) is 14.9. The van der Waals surface area contributed by atoms with Gasteiger partial charge >= 0.3 is 12.1 Å². The third-order valence-corrected chi connectivity index (χ3v) is 5.76. The van der Waals surface area contributed by atoms with Crippen molar-refractivity contribution in [1.29, 1.82) is 0 Å². The molecule has 2 atom stereocenters. The van der Waals surface area contributed by atoms with Crippen LogP contribution in [0.15, 0.2) is 48.5 Å². The predicted molar refractivity (Wildman–Crippen MR) is 117 cm³/mol. The fourth-order valence-corrected chi connectivity index (χ4v) is 3.86. The Morgan fingerprint density at radius 3 is 2.16 bits per heavy atom. The number of aliphatic carboxylic acids is 1. The molecule has 1 aliphatic rings. The van der Waals surface area contributed by atoms with Gasteiger partial charge < -0.3 is 20.5 Å². The zero-order chi connectivity index (χ0) is 22.4. The number of nitrogens with one attached hydrogen (secondary N) is 2. The summed E-state index contributed by atoms with van der Waals surface area (Å²) in [5, 5.41) is 14.3. The van der Waals surface area contributed by atoms with E-state index in [0.29, 0.717) is 6.42 Å². The number of amides is 2. The monoisotopic (exact) mass is 424 g/mol. The predicted octanol–water partition coefficient (Wildman–Crippen LogP) is 3.53. The maximum Gasteiger partial charge on any atom is 0.407 e. The molecule has 0 aliphatic heterocycles. The number of fused-ring (bicyclic) bond motifs is 3. The largest absolute Gasteiger partial charge is 0.480 e. The van der Waals surface area contributed by atoms with E-state index in [-0.39, 0.29) is 31.4 Å². The van der Waals surface area contributed by atoms with Gasteiger partial charge in [0.2, 0.25) is 5.91 Å². The lowest BCUT2D eigenvalue weighted by Gasteiger charge is -2.20. The lowest BCUT2D eigenvalue weighted by molar-refractivity contribution is -0.143. The second kappa shape index (κ2) is 10.1. The standard InChI is InChI=1S/C24H28N2O5/c1-3-15(2)22(23(28)29)26-21(27)12-13-25-24(30)31-14-20-18-10-6-4-8-16(18)17-9-5-7-11-19(17)20/h4-11,15,20,22H,3,12-14H2,1-2H3,(H,25,30)(H,26,27)(H,28,29)/t15?,22-/m0/s1. The van der Waals surface area contributed by atoms with Crippen molar-refractivity contribution >= 4 is 18.0 Å². The Morgan fingerprint density at radius 1 is 1.03 bits per heavy atom. The van der Waals surface area contributed by atoms with E-state index >= 15 is 0 Å². The average Bonchev–Trinajstić information content (AvgIpc) is 3.09. The smallest absolute Gasteiger partial charge is 0.407 e. The second-order valence-corrected chi connectivity index (χ2v) is 7.77. The summed E-state index contributed by atoms with van der Waals surface area (Å²) in [7, 11) is 0. The van der Waals surface area contributed by atoms with Gasteiger partial charge in [0.25, 0.3) is 0 Å². The first-order valence-electron chi connectivity index (χ1n) is 10.5. The van der Waals surface area contributed by atoms with E-state index < -0.39 is 24.0 Å². The molecule has 2 amide bonds. The SMILES string of the molecule is CCC(C)[C@H](NC(=O)CCNC(=O)OCC1c2ccccc2-c2ccccc21)C(=O)O. The molecule has 1 aliphatic carbocycles. The summed E-state index contributed by atoms with van der Waals surface area (Å²) in [5.74, 6) is -1.70. The molecule has 2 aromatic carbocycles. The molecule has 3 rings (SSSR count). The second-order valence-electron chi connectivity index (χ2n) is 7.77. The molecule has 0 saturated heterocycles. The highest BCUT2D eigenvalue weighted by atomic mass is 16.5. The van der Waals surface area contributed by atoms with Crippen molar-refractivity contribution in [2.24, 2.45) is 5.92 Å². The number of alkyl carbamates (subject to hydrolysis) is 1. The van der Waals surface area contributed by atoms with Crippen molar-refractivity contribution in [3.8, 4) is 11.1 Å². The molecular weight excluding hydrogens is 396 g/mol. The number of carboxylic acid groups (broad SMARTS) is 1. The lowest BCUT2D eigenvalue weighted by Crippen LogP contribution is -2.45. The molecule has 0 saturated carbocycles. The van der Waals surface area contributed by atoms with Crippen LogP contribution in [0.3, 0.4) is 0 Å². The molecular formula is C24H28N2O5. The number of hydrogen-bond acceptors (Lipinski definition) is 4. The van der Waals surface area contributed by atoms with Crippen molar-refractivity contribution in [1.82, 2.24) is 10.6 Å². The molecule has 7 heteroatoms. The minimum atomic E-state index is -1.06. The molecule has 1 unspecified atom stereocenters. The molecule has 7 nitrogen and oxygen atoms in total. The number of benzene rings is 2. The summed E-state index contributed by atoms with van der Waals surface area (Å²) in [6.07, 6.45) is 0.00556. The maximum absolute atomic E-state index is 12.1. The van der Waals surface area contributed by atoms with Gasteiger partial charge in [-0.15, -0.1) is 0 Å². The van der Waals surface area contributed by atoms with E-state index in [2.05, 4.69) is 22.8 Å². The Morgan fingerprint density at radius 2 is 1.61 bits per heavy atom. The molecule has 164 valence electrons. The first-order valence-corrected chi connectivity index (χ1v) is 10.5. The lowest BCUT2D eigenvalue weighted by atomic mass is 9.98. The quantitative estimate of drug-likeness (QED) is 0.571. The van der Waals surface area contributed by atoms with Gasteiger partial charge in [-0.25, -0.2) is 9.59 Å². The molecule has 0 spiro atoms. The van der Waals surface area contributed by atoms with Gasteiger partial charge in [0.1, 0.15) is 12.6 Å². The normalized spacial score (nSPS) is 14.1. The van der Waals surface area contributed by atoms with Gasteiger partial charge in [0.15, 0.2) is 0 Å². The molecule has 31 heavy (non-hydrogen) atoms. The summed E-state index contributed by atoms with van der Waals surface area (Å²) >= 11 is 0. The Kier molecular flexibility index (Phi) is 7.28. The molecule has 3 N–H and O–H groups in total. The number of rotatable bonds is 9. The number of carboxylic acids is 1. The topological polar surface area (TPSA) is 105 Å². The van der Waals surface area contributed by atoms with Gasteiger partial charge in [-0.3, -0.25) is 4.79 Å². The Bertz CT molecular complexity index is 913. The summed E-state index contributed by atoms with van der Waals surface area (Å²) in [6.45, 7) is 3.90. The fourth-order valence-electron chi connectivity index (χ4n) is 3.86. The highest BCUT2D eigenvalue weighted by Crippen LogP contribution is 2.44. The summed E-state index contributed by atoms with van der Waals surface area (Å²) in [4.78, 5) is 35.5. The van der Waals surface area contributed by atoms with Crippen LogP contribution in [0.2, 0.25) is 0 Å². The van der Waals surface area contributed by atoms with Crippen LogP contribution in [0, 0.1) is 5.92 Å². The fraction of sp³-hybridized carbons (Fsp3) is 0.375. The van der Waals surface area contributed by atoms with Crippen LogP contribution in [0.5, 0.6) is 0 Å². The van der Waals surface area contributed by atoms with E-state index in [0.717, 1.165) is 22.3 Å². The van der Waals surface area contributed by atoms with Gasteiger partial charge in [0, 0.05) is 18.9 Å². The van der Waals surface area contributed by atoms with Gasteiger partial charge in [-0.1, -0.05) is 68.8 Å². The van der Waals surface area contributed by atoms with Crippen LogP contribution in [0.1, 0.15) is 43.7 Å². The zero-order valence-corrected chi connectivity index (χ0v) is 17.8. The maximum atomic E-state index is 12.1. The minimum Gasteiger partial charge on any atom is -0.480 e. The van der Waals surface area contributed by atoms with Crippen molar-refractivity contribution in [3.05, 3.63) is 59.7 Å². The van der Waals surface area contributed by atoms with E-state index in [9.17, 15) is 19.5 Å². The average molecular weight is 424 g/mol. The zero-order valence-electron chi connectivity index (χ0n) is 17.8. The van der Waals surface area contributed by atoms with Crippen LogP contribution >= 0.6 is 0 Å². The highest BCUT2D eigenvalue weighted by molar-refractivity contribution is 5.84. The van der Waals surface area contributed by atoms with E-state index in [1.807, 2.05) is 43.3 Å². The van der Waals surface area contributed by atoms with E-state index in [1.165, 1.54) is 0 Å². The molecule has 0 heterocycles. The van der Waals surface area contributed by atoms with Gasteiger partial charge in [0.05, 0.1) is 0 Å². The van der Waals surface area contributed by atoms with Crippen LogP contribution in [-0.4, -0.2) is 42.3 Å². The van der Waals surface area contributed by atoms with Crippen LogP contribution in [0.4, 0.5) is 4.79 Å².